The Labute approximate surface area is 68.6 Å². The van der Waals surface area contributed by atoms with Crippen LogP contribution in [-0.2, 0) is 4.79 Å². The predicted molar refractivity (Wildman–Crippen MR) is 46.1 cm³/mol. The topological polar surface area (TPSA) is 46.3 Å². The highest BCUT2D eigenvalue weighted by atomic mass is 16.2. The Morgan fingerprint density at radius 2 is 1.91 bits per heavy atom. The van der Waals surface area contributed by atoms with Gasteiger partial charge in [-0.3, -0.25) is 4.79 Å². The lowest BCUT2D eigenvalue weighted by Crippen LogP contribution is -2.38. The van der Waals surface area contributed by atoms with Gasteiger partial charge in [0.25, 0.3) is 0 Å². The van der Waals surface area contributed by atoms with Crippen LogP contribution in [0.5, 0.6) is 0 Å². The molecule has 0 aromatic heterocycles. The number of amides is 1. The molecular weight excluding hydrogens is 140 g/mol. The number of likely N-dealkylation sites (N-methyl/N-ethyl adjacent to an activating group) is 1. The highest BCUT2D eigenvalue weighted by Crippen LogP contribution is 2.13. The highest BCUT2D eigenvalue weighted by Gasteiger charge is 2.15. The van der Waals surface area contributed by atoms with Crippen molar-refractivity contribution in [2.75, 3.05) is 20.1 Å². The quantitative estimate of drug-likeness (QED) is 0.634. The highest BCUT2D eigenvalue weighted by molar-refractivity contribution is 5.77. The fraction of sp³-hybridized carbons (Fsp3) is 0.875. The molecule has 0 fully saturated rings. The average Bonchev–Trinajstić information content (AvgIpc) is 1.82. The Bertz CT molecular complexity index is 138. The molecule has 0 saturated carbocycles. The van der Waals surface area contributed by atoms with Gasteiger partial charge in [0.05, 0.1) is 6.54 Å². The molecule has 0 atom stereocenters. The number of hydrogen-bond acceptors (Lipinski definition) is 2. The Kier molecular flexibility index (Phi) is 3.52. The summed E-state index contributed by atoms with van der Waals surface area (Å²) in [6, 6.07) is 0. The number of nitrogens with zero attached hydrogens (tertiary/aromatic N) is 1. The molecule has 11 heavy (non-hydrogen) atoms. The molecule has 3 heteroatoms. The van der Waals surface area contributed by atoms with Gasteiger partial charge in [-0.05, 0) is 5.41 Å². The summed E-state index contributed by atoms with van der Waals surface area (Å²) in [5, 5.41) is 0. The van der Waals surface area contributed by atoms with E-state index in [1.54, 1.807) is 11.9 Å². The van der Waals surface area contributed by atoms with Crippen LogP contribution in [0.3, 0.4) is 0 Å². The van der Waals surface area contributed by atoms with Crippen LogP contribution < -0.4 is 5.73 Å². The largest absolute Gasteiger partial charge is 0.344 e. The first-order valence-corrected chi connectivity index (χ1v) is 3.81. The van der Waals surface area contributed by atoms with E-state index in [9.17, 15) is 4.79 Å². The zero-order valence-electron chi connectivity index (χ0n) is 7.85. The molecular formula is C8H18N2O. The molecule has 0 saturated heterocycles. The average molecular weight is 158 g/mol. The second-order valence-electron chi connectivity index (χ2n) is 4.01. The van der Waals surface area contributed by atoms with Crippen molar-refractivity contribution in [2.45, 2.75) is 20.8 Å². The van der Waals surface area contributed by atoms with Crippen molar-refractivity contribution in [3.05, 3.63) is 0 Å². The molecule has 0 spiro atoms. The van der Waals surface area contributed by atoms with E-state index >= 15 is 0 Å². The number of hydrogen-bond donors (Lipinski definition) is 1. The summed E-state index contributed by atoms with van der Waals surface area (Å²) in [7, 11) is 1.78. The monoisotopic (exact) mass is 158 g/mol. The van der Waals surface area contributed by atoms with E-state index in [4.69, 9.17) is 5.73 Å². The maximum absolute atomic E-state index is 11.0. The van der Waals surface area contributed by atoms with Crippen molar-refractivity contribution < 1.29 is 4.79 Å². The van der Waals surface area contributed by atoms with E-state index in [2.05, 4.69) is 20.8 Å². The molecule has 0 aliphatic heterocycles. The maximum Gasteiger partial charge on any atom is 0.236 e. The molecule has 0 aliphatic rings. The molecule has 2 N–H and O–H groups in total. The molecule has 0 radical (unpaired) electrons. The third kappa shape index (κ3) is 4.79. The molecule has 0 bridgehead atoms. The molecule has 0 unspecified atom stereocenters. The van der Waals surface area contributed by atoms with Crippen LogP contribution in [0.15, 0.2) is 0 Å². The standard InChI is InChI=1S/C8H18N2O/c1-8(2,3)6-10(4)7(11)5-9/h5-6,9H2,1-4H3. The van der Waals surface area contributed by atoms with E-state index in [0.29, 0.717) is 0 Å². The van der Waals surface area contributed by atoms with Crippen LogP contribution in [0.1, 0.15) is 20.8 Å². The fourth-order valence-electron chi connectivity index (χ4n) is 0.956. The summed E-state index contributed by atoms with van der Waals surface area (Å²) in [6.45, 7) is 7.13. The summed E-state index contributed by atoms with van der Waals surface area (Å²) in [5.41, 5.74) is 5.35. The first-order chi connectivity index (χ1) is 4.87. The van der Waals surface area contributed by atoms with Crippen LogP contribution >= 0.6 is 0 Å². The summed E-state index contributed by atoms with van der Waals surface area (Å²) in [6.07, 6.45) is 0. The van der Waals surface area contributed by atoms with Gasteiger partial charge >= 0.3 is 0 Å². The van der Waals surface area contributed by atoms with Gasteiger partial charge in [0, 0.05) is 13.6 Å². The van der Waals surface area contributed by atoms with Gasteiger partial charge in [0.1, 0.15) is 0 Å². The first kappa shape index (κ1) is 10.4. The van der Waals surface area contributed by atoms with Gasteiger partial charge < -0.3 is 10.6 Å². The number of nitrogens with two attached hydrogens (primary N) is 1. The molecule has 3 nitrogen and oxygen atoms in total. The molecule has 0 heterocycles. The lowest BCUT2D eigenvalue weighted by atomic mass is 9.96. The second kappa shape index (κ2) is 3.72. The number of carbonyl (C=O) groups is 1. The zero-order chi connectivity index (χ0) is 9.07. The van der Waals surface area contributed by atoms with Crippen LogP contribution in [0.2, 0.25) is 0 Å². The van der Waals surface area contributed by atoms with E-state index in [-0.39, 0.29) is 17.9 Å². The molecule has 0 aromatic rings. The molecule has 0 rings (SSSR count). The number of rotatable bonds is 2. The Balaban J connectivity index is 3.87. The van der Waals surface area contributed by atoms with Crippen molar-refractivity contribution in [3.8, 4) is 0 Å². The van der Waals surface area contributed by atoms with Crippen molar-refractivity contribution in [3.63, 3.8) is 0 Å². The molecule has 66 valence electrons. The van der Waals surface area contributed by atoms with Crippen molar-refractivity contribution in [1.82, 2.24) is 4.90 Å². The molecule has 0 aromatic carbocycles. The van der Waals surface area contributed by atoms with Gasteiger partial charge in [0.2, 0.25) is 5.91 Å². The van der Waals surface area contributed by atoms with Gasteiger partial charge in [-0.15, -0.1) is 0 Å². The van der Waals surface area contributed by atoms with Gasteiger partial charge in [-0.25, -0.2) is 0 Å². The lowest BCUT2D eigenvalue weighted by Gasteiger charge is -2.26. The van der Waals surface area contributed by atoms with Crippen LogP contribution in [0, 0.1) is 5.41 Å². The summed E-state index contributed by atoms with van der Waals surface area (Å²) in [4.78, 5) is 12.7. The van der Waals surface area contributed by atoms with E-state index < -0.39 is 0 Å². The van der Waals surface area contributed by atoms with E-state index in [1.807, 2.05) is 0 Å². The summed E-state index contributed by atoms with van der Waals surface area (Å²) >= 11 is 0. The number of carbonyl (C=O) groups excluding carboxylic acids is 1. The fourth-order valence-corrected chi connectivity index (χ4v) is 0.956. The van der Waals surface area contributed by atoms with Crippen molar-refractivity contribution in [2.24, 2.45) is 11.1 Å². The minimum Gasteiger partial charge on any atom is -0.344 e. The minimum absolute atomic E-state index is 0.0000694. The van der Waals surface area contributed by atoms with Gasteiger partial charge in [-0.1, -0.05) is 20.8 Å². The minimum atomic E-state index is -0.0000694. The normalized spacial score (nSPS) is 11.4. The van der Waals surface area contributed by atoms with E-state index in [1.165, 1.54) is 0 Å². The smallest absolute Gasteiger partial charge is 0.236 e. The first-order valence-electron chi connectivity index (χ1n) is 3.81. The third-order valence-corrected chi connectivity index (χ3v) is 1.31. The molecule has 1 amide bonds. The Morgan fingerprint density at radius 3 is 2.18 bits per heavy atom. The second-order valence-corrected chi connectivity index (χ2v) is 4.01. The summed E-state index contributed by atoms with van der Waals surface area (Å²) in [5.74, 6) is -0.0000694. The van der Waals surface area contributed by atoms with Crippen LogP contribution in [0.4, 0.5) is 0 Å². The Morgan fingerprint density at radius 1 is 1.45 bits per heavy atom. The maximum atomic E-state index is 11.0. The lowest BCUT2D eigenvalue weighted by molar-refractivity contribution is -0.129. The van der Waals surface area contributed by atoms with Crippen LogP contribution in [-0.4, -0.2) is 30.9 Å². The zero-order valence-corrected chi connectivity index (χ0v) is 7.85. The van der Waals surface area contributed by atoms with Crippen molar-refractivity contribution in [1.29, 1.82) is 0 Å². The van der Waals surface area contributed by atoms with Crippen LogP contribution in [0.25, 0.3) is 0 Å². The van der Waals surface area contributed by atoms with Crippen molar-refractivity contribution >= 4 is 5.91 Å². The SMILES string of the molecule is CN(CC(C)(C)C)C(=O)CN. The van der Waals surface area contributed by atoms with Gasteiger partial charge in [-0.2, -0.15) is 0 Å². The molecule has 0 aliphatic carbocycles. The van der Waals surface area contributed by atoms with Gasteiger partial charge in [0.15, 0.2) is 0 Å². The predicted octanol–water partition coefficient (Wildman–Crippen LogP) is 0.450. The van der Waals surface area contributed by atoms with E-state index in [0.717, 1.165) is 6.54 Å². The third-order valence-electron chi connectivity index (χ3n) is 1.31. The summed E-state index contributed by atoms with van der Waals surface area (Å²) < 4.78 is 0. The Hall–Kier alpha value is -0.570.